The molecular weight excluding hydrogens is 340 g/mol. The van der Waals surface area contributed by atoms with Crippen LogP contribution < -0.4 is 5.32 Å². The molecule has 0 aliphatic carbocycles. The van der Waals surface area contributed by atoms with E-state index in [1.165, 1.54) is 23.9 Å². The number of nitro benzene ring substituents is 1. The molecule has 0 aliphatic rings. The number of hydrogen-bond acceptors (Lipinski definition) is 5. The maximum absolute atomic E-state index is 12.3. The molecule has 1 unspecified atom stereocenters. The normalized spacial score (nSPS) is 11.8. The summed E-state index contributed by atoms with van der Waals surface area (Å²) in [4.78, 5) is 23.3. The van der Waals surface area contributed by atoms with Crippen LogP contribution in [0.4, 0.5) is 5.69 Å². The first-order chi connectivity index (χ1) is 12.0. The topological polar surface area (TPSA) is 81.5 Å². The molecule has 0 saturated heterocycles. The minimum absolute atomic E-state index is 0.0382. The zero-order chi connectivity index (χ0) is 18.2. The van der Waals surface area contributed by atoms with Crippen LogP contribution in [0.2, 0.25) is 0 Å². The number of nitrogens with zero attached hydrogens (tertiary/aromatic N) is 1. The molecule has 2 aromatic rings. The number of nitro groups is 1. The van der Waals surface area contributed by atoms with Gasteiger partial charge in [-0.05, 0) is 30.2 Å². The van der Waals surface area contributed by atoms with Crippen LogP contribution in [0.1, 0.15) is 18.1 Å². The summed E-state index contributed by atoms with van der Waals surface area (Å²) in [6.07, 6.45) is 0. The molecule has 1 amide bonds. The Morgan fingerprint density at radius 1 is 1.20 bits per heavy atom. The van der Waals surface area contributed by atoms with Crippen molar-refractivity contribution in [2.24, 2.45) is 0 Å². The molecule has 132 valence electrons. The third-order valence-electron chi connectivity index (χ3n) is 3.60. The highest BCUT2D eigenvalue weighted by molar-refractivity contribution is 8.00. The predicted molar refractivity (Wildman–Crippen MR) is 97.4 cm³/mol. The van der Waals surface area contributed by atoms with E-state index in [2.05, 4.69) is 5.32 Å². The van der Waals surface area contributed by atoms with Gasteiger partial charge in [-0.2, -0.15) is 0 Å². The molecular formula is C18H20N2O4S. The summed E-state index contributed by atoms with van der Waals surface area (Å²) in [5.74, 6) is -0.0874. The molecule has 6 nitrogen and oxygen atoms in total. The summed E-state index contributed by atoms with van der Waals surface area (Å²) in [6.45, 7) is 2.74. The van der Waals surface area contributed by atoms with E-state index in [1.807, 2.05) is 31.2 Å². The van der Waals surface area contributed by atoms with Crippen molar-refractivity contribution in [3.05, 3.63) is 69.8 Å². The highest BCUT2D eigenvalue weighted by Gasteiger charge is 2.15. The van der Waals surface area contributed by atoms with E-state index in [0.717, 1.165) is 16.0 Å². The van der Waals surface area contributed by atoms with Crippen molar-refractivity contribution in [1.82, 2.24) is 5.32 Å². The van der Waals surface area contributed by atoms with Crippen LogP contribution in [0.3, 0.4) is 0 Å². The van der Waals surface area contributed by atoms with Gasteiger partial charge in [-0.25, -0.2) is 0 Å². The fourth-order valence-corrected chi connectivity index (χ4v) is 3.15. The number of carbonyl (C=O) groups excluding carboxylic acids is 1. The van der Waals surface area contributed by atoms with Crippen molar-refractivity contribution in [3.8, 4) is 0 Å². The smallest absolute Gasteiger partial charge is 0.269 e. The SMILES string of the molecule is COCc1ccccc1CNC(=O)C(C)Sc1ccc([N+](=O)[O-])cc1. The molecule has 0 spiro atoms. The van der Waals surface area contributed by atoms with Gasteiger partial charge in [-0.15, -0.1) is 11.8 Å². The average Bonchev–Trinajstić information content (AvgIpc) is 2.61. The lowest BCUT2D eigenvalue weighted by Crippen LogP contribution is -2.30. The Balaban J connectivity index is 1.91. The lowest BCUT2D eigenvalue weighted by atomic mass is 10.1. The van der Waals surface area contributed by atoms with Crippen molar-refractivity contribution >= 4 is 23.4 Å². The van der Waals surface area contributed by atoms with E-state index in [1.54, 1.807) is 19.2 Å². The van der Waals surface area contributed by atoms with Crippen molar-refractivity contribution < 1.29 is 14.5 Å². The second kappa shape index (κ2) is 9.19. The van der Waals surface area contributed by atoms with E-state index in [-0.39, 0.29) is 16.8 Å². The van der Waals surface area contributed by atoms with Crippen molar-refractivity contribution in [3.63, 3.8) is 0 Å². The number of thioether (sulfide) groups is 1. The van der Waals surface area contributed by atoms with Gasteiger partial charge >= 0.3 is 0 Å². The van der Waals surface area contributed by atoms with Crippen LogP contribution in [0.25, 0.3) is 0 Å². The number of carbonyl (C=O) groups is 1. The number of amides is 1. The van der Waals surface area contributed by atoms with Gasteiger partial charge in [0.25, 0.3) is 5.69 Å². The third-order valence-corrected chi connectivity index (χ3v) is 4.71. The molecule has 0 bridgehead atoms. The summed E-state index contributed by atoms with van der Waals surface area (Å²) in [5.41, 5.74) is 2.10. The van der Waals surface area contributed by atoms with Gasteiger partial charge < -0.3 is 10.1 Å². The van der Waals surface area contributed by atoms with Crippen LogP contribution in [0.15, 0.2) is 53.4 Å². The van der Waals surface area contributed by atoms with Gasteiger partial charge in [0.1, 0.15) is 0 Å². The second-order valence-corrected chi connectivity index (χ2v) is 6.84. The number of ether oxygens (including phenoxy) is 1. The fraction of sp³-hybridized carbons (Fsp3) is 0.278. The molecule has 0 aliphatic heterocycles. The molecule has 0 aromatic heterocycles. The monoisotopic (exact) mass is 360 g/mol. The highest BCUT2D eigenvalue weighted by Crippen LogP contribution is 2.25. The molecule has 7 heteroatoms. The molecule has 2 aromatic carbocycles. The number of nitrogens with one attached hydrogen (secondary N) is 1. The van der Waals surface area contributed by atoms with Gasteiger partial charge in [-0.1, -0.05) is 24.3 Å². The highest BCUT2D eigenvalue weighted by atomic mass is 32.2. The van der Waals surface area contributed by atoms with E-state index in [9.17, 15) is 14.9 Å². The maximum atomic E-state index is 12.3. The molecule has 0 radical (unpaired) electrons. The summed E-state index contributed by atoms with van der Waals surface area (Å²) < 4.78 is 5.16. The lowest BCUT2D eigenvalue weighted by molar-refractivity contribution is -0.384. The predicted octanol–water partition coefficient (Wildman–Crippen LogP) is 3.54. The first-order valence-corrected chi connectivity index (χ1v) is 8.63. The largest absolute Gasteiger partial charge is 0.380 e. The Morgan fingerprint density at radius 3 is 2.44 bits per heavy atom. The quantitative estimate of drug-likeness (QED) is 0.442. The summed E-state index contributed by atoms with van der Waals surface area (Å²) in [7, 11) is 1.64. The van der Waals surface area contributed by atoms with Crippen molar-refractivity contribution in [2.75, 3.05) is 7.11 Å². The average molecular weight is 360 g/mol. The van der Waals surface area contributed by atoms with Gasteiger partial charge in [0.05, 0.1) is 16.8 Å². The number of non-ortho nitro benzene ring substituents is 1. The zero-order valence-corrected chi connectivity index (χ0v) is 14.9. The molecule has 2 rings (SSSR count). The Bertz CT molecular complexity index is 734. The summed E-state index contributed by atoms with van der Waals surface area (Å²) in [6, 6.07) is 14.0. The summed E-state index contributed by atoms with van der Waals surface area (Å²) in [5, 5.41) is 13.3. The Morgan fingerprint density at radius 2 is 1.84 bits per heavy atom. The van der Waals surface area contributed by atoms with Crippen LogP contribution in [-0.4, -0.2) is 23.2 Å². The Kier molecular flexibility index (Phi) is 6.97. The van der Waals surface area contributed by atoms with Gasteiger partial charge in [-0.3, -0.25) is 14.9 Å². The summed E-state index contributed by atoms with van der Waals surface area (Å²) >= 11 is 1.36. The number of rotatable bonds is 8. The third kappa shape index (κ3) is 5.58. The second-order valence-electron chi connectivity index (χ2n) is 5.43. The van der Waals surface area contributed by atoms with Crippen LogP contribution in [0.5, 0.6) is 0 Å². The number of benzene rings is 2. The van der Waals surface area contributed by atoms with Crippen molar-refractivity contribution in [1.29, 1.82) is 0 Å². The molecule has 1 atom stereocenters. The van der Waals surface area contributed by atoms with E-state index in [0.29, 0.717) is 13.2 Å². The zero-order valence-electron chi connectivity index (χ0n) is 14.1. The molecule has 0 heterocycles. The van der Waals surface area contributed by atoms with Crippen molar-refractivity contribution in [2.45, 2.75) is 30.2 Å². The first-order valence-electron chi connectivity index (χ1n) is 7.76. The van der Waals surface area contributed by atoms with E-state index in [4.69, 9.17) is 4.74 Å². The maximum Gasteiger partial charge on any atom is 0.269 e. The Hall–Kier alpha value is -2.38. The van der Waals surface area contributed by atoms with Crippen LogP contribution in [0, 0.1) is 10.1 Å². The van der Waals surface area contributed by atoms with Gasteiger partial charge in [0.2, 0.25) is 5.91 Å². The van der Waals surface area contributed by atoms with Crippen LogP contribution in [-0.2, 0) is 22.7 Å². The number of methoxy groups -OCH3 is 1. The number of hydrogen-bond donors (Lipinski definition) is 1. The molecule has 0 fully saturated rings. The minimum atomic E-state index is -0.442. The van der Waals surface area contributed by atoms with Crippen LogP contribution >= 0.6 is 11.8 Å². The Labute approximate surface area is 150 Å². The standard InChI is InChI=1S/C18H20N2O4S/c1-13(25-17-9-7-16(8-10-17)20(22)23)18(21)19-11-14-5-3-4-6-15(14)12-24-2/h3-10,13H,11-12H2,1-2H3,(H,19,21). The molecule has 0 saturated carbocycles. The van der Waals surface area contributed by atoms with Gasteiger partial charge in [0, 0.05) is 30.7 Å². The molecule has 25 heavy (non-hydrogen) atoms. The van der Waals surface area contributed by atoms with Gasteiger partial charge in [0.15, 0.2) is 0 Å². The van der Waals surface area contributed by atoms with E-state index < -0.39 is 4.92 Å². The minimum Gasteiger partial charge on any atom is -0.380 e. The fourth-order valence-electron chi connectivity index (χ4n) is 2.26. The lowest BCUT2D eigenvalue weighted by Gasteiger charge is -2.14. The molecule has 1 N–H and O–H groups in total. The van der Waals surface area contributed by atoms with E-state index >= 15 is 0 Å². The first kappa shape index (κ1) is 19.0.